The summed E-state index contributed by atoms with van der Waals surface area (Å²) in [5.74, 6) is 0.663. The molecule has 0 saturated heterocycles. The van der Waals surface area contributed by atoms with Crippen LogP contribution in [-0.2, 0) is 11.3 Å². The summed E-state index contributed by atoms with van der Waals surface area (Å²) in [6.07, 6.45) is 2.78. The van der Waals surface area contributed by atoms with E-state index in [1.54, 1.807) is 37.7 Å². The van der Waals surface area contributed by atoms with Crippen molar-refractivity contribution < 1.29 is 9.53 Å². The first-order valence-electron chi connectivity index (χ1n) is 7.45. The Morgan fingerprint density at radius 1 is 1.36 bits per heavy atom. The highest BCUT2D eigenvalue weighted by Crippen LogP contribution is 2.06. The number of nitrogens with zero attached hydrogens (tertiary/aromatic N) is 2. The lowest BCUT2D eigenvalue weighted by molar-refractivity contribution is 0.0530. The Morgan fingerprint density at radius 3 is 2.64 bits per heavy atom. The van der Waals surface area contributed by atoms with Crippen LogP contribution in [0.25, 0.3) is 0 Å². The molecule has 22 heavy (non-hydrogen) atoms. The minimum absolute atomic E-state index is 0.159. The molecule has 1 aromatic rings. The number of hydrogen-bond donors (Lipinski definition) is 2. The third-order valence-electron chi connectivity index (χ3n) is 2.56. The van der Waals surface area contributed by atoms with Crippen molar-refractivity contribution in [1.82, 2.24) is 14.9 Å². The van der Waals surface area contributed by atoms with Crippen molar-refractivity contribution in [3.63, 3.8) is 0 Å². The Balaban J connectivity index is 2.46. The Kier molecular flexibility index (Phi) is 6.39. The molecular weight excluding hydrogens is 284 g/mol. The molecule has 7 nitrogen and oxygen atoms in total. The van der Waals surface area contributed by atoms with Gasteiger partial charge in [0.2, 0.25) is 0 Å². The Labute approximate surface area is 131 Å². The quantitative estimate of drug-likeness (QED) is 0.783. The molecule has 0 radical (unpaired) electrons. The fourth-order valence-electron chi connectivity index (χ4n) is 1.77. The molecule has 0 aliphatic heterocycles. The van der Waals surface area contributed by atoms with Crippen LogP contribution in [0.3, 0.4) is 0 Å². The van der Waals surface area contributed by atoms with Gasteiger partial charge in [-0.3, -0.25) is 4.79 Å². The van der Waals surface area contributed by atoms with Gasteiger partial charge in [0.05, 0.1) is 0 Å². The van der Waals surface area contributed by atoms with E-state index < -0.39 is 11.7 Å². The number of hydrogen-bond acceptors (Lipinski definition) is 5. The predicted octanol–water partition coefficient (Wildman–Crippen LogP) is 1.84. The molecule has 2 N–H and O–H groups in total. The average molecular weight is 310 g/mol. The highest BCUT2D eigenvalue weighted by Gasteiger charge is 2.15. The molecule has 1 rings (SSSR count). The SMILES string of the molecule is CC(C)Cn1ccnc(NCCNC(=O)OC(C)(C)C)c1=O. The van der Waals surface area contributed by atoms with Crippen molar-refractivity contribution in [2.75, 3.05) is 18.4 Å². The van der Waals surface area contributed by atoms with Gasteiger partial charge >= 0.3 is 6.09 Å². The first kappa shape index (κ1) is 18.0. The summed E-state index contributed by atoms with van der Waals surface area (Å²) in [5, 5.41) is 5.55. The fourth-order valence-corrected chi connectivity index (χ4v) is 1.77. The van der Waals surface area contributed by atoms with E-state index in [-0.39, 0.29) is 11.4 Å². The lowest BCUT2D eigenvalue weighted by Crippen LogP contribution is -2.35. The maximum Gasteiger partial charge on any atom is 0.407 e. The van der Waals surface area contributed by atoms with Crippen LogP contribution >= 0.6 is 0 Å². The summed E-state index contributed by atoms with van der Waals surface area (Å²) in [7, 11) is 0. The lowest BCUT2D eigenvalue weighted by atomic mass is 10.2. The molecule has 0 aromatic carbocycles. The number of anilines is 1. The molecule has 0 bridgehead atoms. The number of aromatic nitrogens is 2. The van der Waals surface area contributed by atoms with Gasteiger partial charge in [0.1, 0.15) is 5.60 Å². The second-order valence-electron chi connectivity index (χ2n) is 6.48. The molecule has 0 saturated carbocycles. The van der Waals surface area contributed by atoms with Gasteiger partial charge in [-0.05, 0) is 26.7 Å². The number of amides is 1. The zero-order chi connectivity index (χ0) is 16.8. The second kappa shape index (κ2) is 7.82. The maximum absolute atomic E-state index is 12.1. The molecule has 7 heteroatoms. The predicted molar refractivity (Wildman–Crippen MR) is 86.1 cm³/mol. The summed E-state index contributed by atoms with van der Waals surface area (Å²) in [6.45, 7) is 10.9. The number of carbonyl (C=O) groups is 1. The van der Waals surface area contributed by atoms with Gasteiger partial charge in [-0.1, -0.05) is 13.8 Å². The molecule has 0 fully saturated rings. The monoisotopic (exact) mass is 310 g/mol. The molecule has 1 aromatic heterocycles. The Hall–Kier alpha value is -2.05. The van der Waals surface area contributed by atoms with Crippen LogP contribution in [0.1, 0.15) is 34.6 Å². The molecule has 0 aliphatic rings. The van der Waals surface area contributed by atoms with Crippen LogP contribution in [-0.4, -0.2) is 34.3 Å². The van der Waals surface area contributed by atoms with Crippen molar-refractivity contribution in [2.24, 2.45) is 5.92 Å². The minimum atomic E-state index is -0.525. The third-order valence-corrected chi connectivity index (χ3v) is 2.56. The molecule has 0 aliphatic carbocycles. The van der Waals surface area contributed by atoms with E-state index in [0.29, 0.717) is 25.6 Å². The number of alkyl carbamates (subject to hydrolysis) is 1. The van der Waals surface area contributed by atoms with Crippen LogP contribution in [0.2, 0.25) is 0 Å². The van der Waals surface area contributed by atoms with Gasteiger partial charge in [0.25, 0.3) is 5.56 Å². The largest absolute Gasteiger partial charge is 0.444 e. The summed E-state index contributed by atoms with van der Waals surface area (Å²) in [5.41, 5.74) is -0.684. The Bertz CT molecular complexity index is 546. The molecule has 124 valence electrons. The van der Waals surface area contributed by atoms with E-state index in [1.807, 2.05) is 13.8 Å². The van der Waals surface area contributed by atoms with E-state index in [4.69, 9.17) is 4.74 Å². The zero-order valence-electron chi connectivity index (χ0n) is 14.0. The highest BCUT2D eigenvalue weighted by molar-refractivity contribution is 5.67. The summed E-state index contributed by atoms with van der Waals surface area (Å²) in [4.78, 5) is 27.6. The normalized spacial score (nSPS) is 11.4. The molecule has 0 unspecified atom stereocenters. The molecule has 1 heterocycles. The molecule has 0 spiro atoms. The van der Waals surface area contributed by atoms with E-state index in [0.717, 1.165) is 0 Å². The van der Waals surface area contributed by atoms with E-state index >= 15 is 0 Å². The number of rotatable bonds is 6. The number of ether oxygens (including phenoxy) is 1. The summed E-state index contributed by atoms with van der Waals surface area (Å²) in [6, 6.07) is 0. The van der Waals surface area contributed by atoms with E-state index in [2.05, 4.69) is 15.6 Å². The van der Waals surface area contributed by atoms with Crippen molar-refractivity contribution in [3.8, 4) is 0 Å². The maximum atomic E-state index is 12.1. The first-order valence-corrected chi connectivity index (χ1v) is 7.45. The van der Waals surface area contributed by atoms with Crippen molar-refractivity contribution in [2.45, 2.75) is 46.8 Å². The van der Waals surface area contributed by atoms with Crippen LogP contribution in [0.15, 0.2) is 17.2 Å². The van der Waals surface area contributed by atoms with Gasteiger partial charge in [-0.2, -0.15) is 0 Å². The lowest BCUT2D eigenvalue weighted by Gasteiger charge is -2.19. The standard InChI is InChI=1S/C15H26N4O3/c1-11(2)10-19-9-8-17-12(13(19)20)16-6-7-18-14(21)22-15(3,4)5/h8-9,11H,6-7,10H2,1-5H3,(H,16,17)(H,18,21). The topological polar surface area (TPSA) is 85.2 Å². The van der Waals surface area contributed by atoms with Gasteiger partial charge in [0, 0.05) is 32.0 Å². The van der Waals surface area contributed by atoms with Gasteiger partial charge in [0.15, 0.2) is 5.82 Å². The van der Waals surface area contributed by atoms with Gasteiger partial charge in [-0.25, -0.2) is 9.78 Å². The zero-order valence-corrected chi connectivity index (χ0v) is 14.0. The van der Waals surface area contributed by atoms with Crippen LogP contribution in [0.5, 0.6) is 0 Å². The average Bonchev–Trinajstić information content (AvgIpc) is 2.36. The second-order valence-corrected chi connectivity index (χ2v) is 6.48. The fraction of sp³-hybridized carbons (Fsp3) is 0.667. The Morgan fingerprint density at radius 2 is 2.05 bits per heavy atom. The minimum Gasteiger partial charge on any atom is -0.444 e. The summed E-state index contributed by atoms with van der Waals surface area (Å²) >= 11 is 0. The van der Waals surface area contributed by atoms with Gasteiger partial charge in [-0.15, -0.1) is 0 Å². The summed E-state index contributed by atoms with van der Waals surface area (Å²) < 4.78 is 6.74. The van der Waals surface area contributed by atoms with Crippen molar-refractivity contribution >= 4 is 11.9 Å². The van der Waals surface area contributed by atoms with E-state index in [9.17, 15) is 9.59 Å². The van der Waals surface area contributed by atoms with Crippen LogP contribution in [0, 0.1) is 5.92 Å². The first-order chi connectivity index (χ1) is 10.2. The van der Waals surface area contributed by atoms with Crippen molar-refractivity contribution in [1.29, 1.82) is 0 Å². The number of nitrogens with one attached hydrogen (secondary N) is 2. The van der Waals surface area contributed by atoms with Crippen molar-refractivity contribution in [3.05, 3.63) is 22.7 Å². The molecule has 0 atom stereocenters. The third kappa shape index (κ3) is 6.60. The van der Waals surface area contributed by atoms with E-state index in [1.165, 1.54) is 0 Å². The van der Waals surface area contributed by atoms with Crippen LogP contribution in [0.4, 0.5) is 10.6 Å². The van der Waals surface area contributed by atoms with Gasteiger partial charge < -0.3 is 19.9 Å². The highest BCUT2D eigenvalue weighted by atomic mass is 16.6. The molecular formula is C15H26N4O3. The molecule has 1 amide bonds. The number of carbonyl (C=O) groups excluding carboxylic acids is 1. The smallest absolute Gasteiger partial charge is 0.407 e. The van der Waals surface area contributed by atoms with Crippen LogP contribution < -0.4 is 16.2 Å².